The van der Waals surface area contributed by atoms with E-state index in [4.69, 9.17) is 4.74 Å². The van der Waals surface area contributed by atoms with E-state index in [1.807, 2.05) is 0 Å². The van der Waals surface area contributed by atoms with E-state index in [2.05, 4.69) is 38.3 Å². The summed E-state index contributed by atoms with van der Waals surface area (Å²) in [7, 11) is 0. The van der Waals surface area contributed by atoms with E-state index < -0.39 is 0 Å². The van der Waals surface area contributed by atoms with Crippen LogP contribution in [0.15, 0.2) is 0 Å². The highest BCUT2D eigenvalue weighted by Crippen LogP contribution is 2.33. The number of hydrogen-bond acceptors (Lipinski definition) is 3. The molecule has 0 N–H and O–H groups in total. The smallest absolute Gasteiger partial charge is 0.0472 e. The summed E-state index contributed by atoms with van der Waals surface area (Å²) >= 11 is 4.62. The summed E-state index contributed by atoms with van der Waals surface area (Å²) in [5.74, 6) is 0.993. The maximum absolute atomic E-state index is 5.51. The molecule has 0 unspecified atom stereocenters. The first-order valence-corrected chi connectivity index (χ1v) is 8.19. The minimum atomic E-state index is 0.387. The van der Waals surface area contributed by atoms with E-state index in [0.29, 0.717) is 11.5 Å². The summed E-state index contributed by atoms with van der Waals surface area (Å²) < 4.78 is 5.51. The van der Waals surface area contributed by atoms with Gasteiger partial charge in [0.2, 0.25) is 0 Å². The van der Waals surface area contributed by atoms with E-state index in [0.717, 1.165) is 19.0 Å². The molecule has 18 heavy (non-hydrogen) atoms. The van der Waals surface area contributed by atoms with Crippen LogP contribution in [-0.2, 0) is 4.74 Å². The first-order valence-electron chi connectivity index (χ1n) is 7.56. The molecule has 1 saturated heterocycles. The van der Waals surface area contributed by atoms with Crippen LogP contribution in [0.4, 0.5) is 0 Å². The number of ether oxygens (including phenoxy) is 1. The summed E-state index contributed by atoms with van der Waals surface area (Å²) in [6.07, 6.45) is 6.33. The van der Waals surface area contributed by atoms with Crippen molar-refractivity contribution in [2.45, 2.75) is 58.9 Å². The molecule has 0 aromatic rings. The van der Waals surface area contributed by atoms with Crippen molar-refractivity contribution in [3.05, 3.63) is 0 Å². The van der Waals surface area contributed by atoms with Gasteiger partial charge in [0.05, 0.1) is 0 Å². The zero-order chi connectivity index (χ0) is 13.4. The lowest BCUT2D eigenvalue weighted by Gasteiger charge is -2.41. The fourth-order valence-electron chi connectivity index (χ4n) is 2.69. The number of rotatable bonds is 8. The van der Waals surface area contributed by atoms with Crippen LogP contribution in [0, 0.1) is 5.41 Å². The second-order valence-corrected chi connectivity index (χ2v) is 6.36. The number of thiol groups is 1. The normalized spacial score (nSPS) is 19.7. The molecular formula is C15H31NOS. The van der Waals surface area contributed by atoms with Crippen LogP contribution in [0.1, 0.15) is 52.9 Å². The Labute approximate surface area is 119 Å². The fourth-order valence-corrected chi connectivity index (χ4v) is 3.10. The van der Waals surface area contributed by atoms with Gasteiger partial charge in [-0.3, -0.25) is 0 Å². The van der Waals surface area contributed by atoms with Crippen LogP contribution >= 0.6 is 12.6 Å². The molecule has 1 heterocycles. The van der Waals surface area contributed by atoms with Crippen LogP contribution in [0.25, 0.3) is 0 Å². The minimum absolute atomic E-state index is 0.387. The Morgan fingerprint density at radius 3 is 2.39 bits per heavy atom. The highest BCUT2D eigenvalue weighted by atomic mass is 32.1. The number of unbranched alkanes of at least 4 members (excludes halogenated alkanes) is 2. The predicted molar refractivity (Wildman–Crippen MR) is 82.6 cm³/mol. The zero-order valence-corrected chi connectivity index (χ0v) is 13.3. The van der Waals surface area contributed by atoms with Crippen molar-refractivity contribution in [3.63, 3.8) is 0 Å². The molecule has 1 aliphatic heterocycles. The molecule has 108 valence electrons. The van der Waals surface area contributed by atoms with Gasteiger partial charge < -0.3 is 9.64 Å². The molecule has 0 saturated carbocycles. The molecule has 1 fully saturated rings. The lowest BCUT2D eigenvalue weighted by Crippen LogP contribution is -2.45. The highest BCUT2D eigenvalue weighted by Gasteiger charge is 2.33. The molecule has 2 nitrogen and oxygen atoms in total. The second-order valence-electron chi connectivity index (χ2n) is 6.04. The Hall–Kier alpha value is 0.270. The highest BCUT2D eigenvalue weighted by molar-refractivity contribution is 7.80. The Morgan fingerprint density at radius 2 is 1.89 bits per heavy atom. The SMILES string of the molecule is CCCCCN(CC1(CS)CCOCC1)C(C)C. The zero-order valence-electron chi connectivity index (χ0n) is 12.5. The van der Waals surface area contributed by atoms with Gasteiger partial charge in [-0.2, -0.15) is 12.6 Å². The predicted octanol–water partition coefficient (Wildman–Crippen LogP) is 3.61. The van der Waals surface area contributed by atoms with Crippen LogP contribution in [0.3, 0.4) is 0 Å². The Morgan fingerprint density at radius 1 is 1.22 bits per heavy atom. The third kappa shape index (κ3) is 5.10. The molecule has 1 aliphatic rings. The maximum Gasteiger partial charge on any atom is 0.0472 e. The minimum Gasteiger partial charge on any atom is -0.381 e. The lowest BCUT2D eigenvalue weighted by atomic mass is 9.81. The summed E-state index contributed by atoms with van der Waals surface area (Å²) in [6.45, 7) is 11.2. The van der Waals surface area contributed by atoms with Gasteiger partial charge in [-0.25, -0.2) is 0 Å². The van der Waals surface area contributed by atoms with Gasteiger partial charge in [-0.15, -0.1) is 0 Å². The summed E-state index contributed by atoms with van der Waals surface area (Å²) in [4.78, 5) is 2.65. The van der Waals surface area contributed by atoms with Gasteiger partial charge in [-0.05, 0) is 50.8 Å². The average molecular weight is 273 g/mol. The van der Waals surface area contributed by atoms with Crippen molar-refractivity contribution < 1.29 is 4.74 Å². The van der Waals surface area contributed by atoms with Gasteiger partial charge in [0.25, 0.3) is 0 Å². The molecule has 0 spiro atoms. The van der Waals surface area contributed by atoms with Crippen molar-refractivity contribution in [3.8, 4) is 0 Å². The van der Waals surface area contributed by atoms with Gasteiger partial charge in [0, 0.05) is 25.8 Å². The molecule has 0 amide bonds. The van der Waals surface area contributed by atoms with Gasteiger partial charge in [-0.1, -0.05) is 19.8 Å². The van der Waals surface area contributed by atoms with Gasteiger partial charge >= 0.3 is 0 Å². The maximum atomic E-state index is 5.51. The van der Waals surface area contributed by atoms with E-state index >= 15 is 0 Å². The van der Waals surface area contributed by atoms with Gasteiger partial charge in [0.1, 0.15) is 0 Å². The molecule has 0 bridgehead atoms. The van der Waals surface area contributed by atoms with E-state index in [-0.39, 0.29) is 0 Å². The molecule has 3 heteroatoms. The molecule has 1 rings (SSSR count). The van der Waals surface area contributed by atoms with Crippen molar-refractivity contribution in [1.29, 1.82) is 0 Å². The third-order valence-corrected chi connectivity index (χ3v) is 4.88. The van der Waals surface area contributed by atoms with Crippen molar-refractivity contribution in [2.24, 2.45) is 5.41 Å². The fraction of sp³-hybridized carbons (Fsp3) is 1.00. The van der Waals surface area contributed by atoms with Crippen molar-refractivity contribution in [1.82, 2.24) is 4.90 Å². The van der Waals surface area contributed by atoms with E-state index in [1.54, 1.807) is 0 Å². The number of hydrogen-bond donors (Lipinski definition) is 1. The van der Waals surface area contributed by atoms with Crippen molar-refractivity contribution in [2.75, 3.05) is 32.1 Å². The molecule has 0 aromatic heterocycles. The van der Waals surface area contributed by atoms with Gasteiger partial charge in [0.15, 0.2) is 0 Å². The van der Waals surface area contributed by atoms with Crippen LogP contribution in [0.2, 0.25) is 0 Å². The topological polar surface area (TPSA) is 12.5 Å². The van der Waals surface area contributed by atoms with Crippen LogP contribution < -0.4 is 0 Å². The third-order valence-electron chi connectivity index (χ3n) is 4.21. The molecule has 0 aromatic carbocycles. The number of nitrogens with zero attached hydrogens (tertiary/aromatic N) is 1. The molecule has 0 atom stereocenters. The lowest BCUT2D eigenvalue weighted by molar-refractivity contribution is 0.00225. The largest absolute Gasteiger partial charge is 0.381 e. The Kier molecular flexibility index (Phi) is 7.66. The Bertz CT molecular complexity index is 215. The monoisotopic (exact) mass is 273 g/mol. The second kappa shape index (κ2) is 8.44. The summed E-state index contributed by atoms with van der Waals surface area (Å²) in [5, 5.41) is 0. The molecule has 0 radical (unpaired) electrons. The quantitative estimate of drug-likeness (QED) is 0.536. The molecular weight excluding hydrogens is 242 g/mol. The first kappa shape index (κ1) is 16.3. The summed E-state index contributed by atoms with van der Waals surface area (Å²) in [6, 6.07) is 0.640. The van der Waals surface area contributed by atoms with Crippen molar-refractivity contribution >= 4 is 12.6 Å². The van der Waals surface area contributed by atoms with E-state index in [9.17, 15) is 0 Å². The molecule has 0 aliphatic carbocycles. The average Bonchev–Trinajstić information content (AvgIpc) is 2.39. The first-order chi connectivity index (χ1) is 8.63. The standard InChI is InChI=1S/C15H31NOS/c1-4-5-6-9-16(14(2)3)12-15(13-18)7-10-17-11-8-15/h14,18H,4-13H2,1-3H3. The van der Waals surface area contributed by atoms with Crippen LogP contribution in [0.5, 0.6) is 0 Å². The van der Waals surface area contributed by atoms with E-state index in [1.165, 1.54) is 45.2 Å². The summed E-state index contributed by atoms with van der Waals surface area (Å²) in [5.41, 5.74) is 0.387. The Balaban J connectivity index is 2.51. The van der Waals surface area contributed by atoms with Crippen LogP contribution in [-0.4, -0.2) is 43.0 Å².